The molecule has 0 bridgehead atoms. The van der Waals surface area contributed by atoms with Crippen LogP contribution in [0.1, 0.15) is 13.8 Å². The van der Waals surface area contributed by atoms with Crippen LogP contribution in [0.25, 0.3) is 0 Å². The predicted molar refractivity (Wildman–Crippen MR) is 55.6 cm³/mol. The molecule has 0 atom stereocenters. The molecule has 0 aromatic rings. The summed E-state index contributed by atoms with van der Waals surface area (Å²) >= 11 is 0. The van der Waals surface area contributed by atoms with Gasteiger partial charge in [0.1, 0.15) is 5.41 Å². The van der Waals surface area contributed by atoms with E-state index in [0.717, 1.165) is 6.54 Å². The van der Waals surface area contributed by atoms with Crippen molar-refractivity contribution in [2.24, 2.45) is 5.41 Å². The standard InChI is InChI=1S/C10H19N3O/c1-10(2,8-11)9(14)13(5)7-6-12(3)4/h6-7H2,1-5H3. The Kier molecular flexibility index (Phi) is 4.58. The highest BCUT2D eigenvalue weighted by Crippen LogP contribution is 2.16. The average molecular weight is 197 g/mol. The van der Waals surface area contributed by atoms with Crippen molar-refractivity contribution in [3.63, 3.8) is 0 Å². The molecule has 0 unspecified atom stereocenters. The van der Waals surface area contributed by atoms with Crippen molar-refractivity contribution in [3.8, 4) is 6.07 Å². The molecule has 0 aliphatic heterocycles. The number of carbonyl (C=O) groups excluding carboxylic acids is 1. The molecule has 14 heavy (non-hydrogen) atoms. The van der Waals surface area contributed by atoms with E-state index >= 15 is 0 Å². The predicted octanol–water partition coefficient (Wildman–Crippen LogP) is 0.556. The van der Waals surface area contributed by atoms with Gasteiger partial charge in [-0.25, -0.2) is 0 Å². The Hall–Kier alpha value is -1.08. The van der Waals surface area contributed by atoms with E-state index in [9.17, 15) is 4.79 Å². The van der Waals surface area contributed by atoms with E-state index in [1.165, 1.54) is 0 Å². The third-order valence-electron chi connectivity index (χ3n) is 2.04. The van der Waals surface area contributed by atoms with Gasteiger partial charge in [-0.3, -0.25) is 4.79 Å². The number of likely N-dealkylation sites (N-methyl/N-ethyl adjacent to an activating group) is 2. The lowest BCUT2D eigenvalue weighted by atomic mass is 9.94. The minimum Gasteiger partial charge on any atom is -0.343 e. The molecule has 4 heteroatoms. The van der Waals surface area contributed by atoms with Crippen LogP contribution in [0.5, 0.6) is 0 Å². The Morgan fingerprint density at radius 1 is 1.29 bits per heavy atom. The summed E-state index contributed by atoms with van der Waals surface area (Å²) in [6.45, 7) is 4.74. The van der Waals surface area contributed by atoms with Crippen LogP contribution < -0.4 is 0 Å². The molecule has 0 aromatic carbocycles. The van der Waals surface area contributed by atoms with Crippen LogP contribution in [0, 0.1) is 16.7 Å². The van der Waals surface area contributed by atoms with Crippen molar-refractivity contribution in [3.05, 3.63) is 0 Å². The molecule has 0 fully saturated rings. The normalized spacial score (nSPS) is 11.2. The van der Waals surface area contributed by atoms with Crippen molar-refractivity contribution < 1.29 is 4.79 Å². The van der Waals surface area contributed by atoms with Gasteiger partial charge in [-0.2, -0.15) is 5.26 Å². The summed E-state index contributed by atoms with van der Waals surface area (Å²) in [7, 11) is 5.63. The summed E-state index contributed by atoms with van der Waals surface area (Å²) < 4.78 is 0. The first-order valence-electron chi connectivity index (χ1n) is 4.63. The van der Waals surface area contributed by atoms with E-state index in [1.54, 1.807) is 25.8 Å². The summed E-state index contributed by atoms with van der Waals surface area (Å²) in [5, 5.41) is 8.78. The largest absolute Gasteiger partial charge is 0.343 e. The lowest BCUT2D eigenvalue weighted by molar-refractivity contribution is -0.136. The number of carbonyl (C=O) groups is 1. The Bertz CT molecular complexity index is 240. The zero-order valence-electron chi connectivity index (χ0n) is 9.66. The smallest absolute Gasteiger partial charge is 0.242 e. The van der Waals surface area contributed by atoms with Gasteiger partial charge in [0, 0.05) is 20.1 Å². The minimum absolute atomic E-state index is 0.123. The van der Waals surface area contributed by atoms with Crippen molar-refractivity contribution in [1.82, 2.24) is 9.80 Å². The molecule has 0 aliphatic rings. The summed E-state index contributed by atoms with van der Waals surface area (Å²) in [6.07, 6.45) is 0. The van der Waals surface area contributed by atoms with Gasteiger partial charge in [0.05, 0.1) is 6.07 Å². The van der Waals surface area contributed by atoms with Gasteiger partial charge in [-0.1, -0.05) is 0 Å². The van der Waals surface area contributed by atoms with Crippen molar-refractivity contribution in [2.45, 2.75) is 13.8 Å². The quantitative estimate of drug-likeness (QED) is 0.661. The van der Waals surface area contributed by atoms with E-state index in [0.29, 0.717) is 6.54 Å². The fourth-order valence-electron chi connectivity index (χ4n) is 0.977. The fourth-order valence-corrected chi connectivity index (χ4v) is 0.977. The highest BCUT2D eigenvalue weighted by atomic mass is 16.2. The number of amides is 1. The average Bonchev–Trinajstić information content (AvgIpc) is 2.12. The first kappa shape index (κ1) is 12.9. The van der Waals surface area contributed by atoms with E-state index < -0.39 is 5.41 Å². The van der Waals surface area contributed by atoms with Gasteiger partial charge in [0.25, 0.3) is 0 Å². The summed E-state index contributed by atoms with van der Waals surface area (Å²) in [4.78, 5) is 15.3. The first-order valence-corrected chi connectivity index (χ1v) is 4.63. The van der Waals surface area contributed by atoms with Gasteiger partial charge in [0.15, 0.2) is 0 Å². The number of hydrogen-bond donors (Lipinski definition) is 0. The molecule has 0 spiro atoms. The molecule has 80 valence electrons. The first-order chi connectivity index (χ1) is 6.31. The van der Waals surface area contributed by atoms with Crippen LogP contribution in [-0.4, -0.2) is 49.9 Å². The number of nitriles is 1. The number of nitrogens with zero attached hydrogens (tertiary/aromatic N) is 3. The van der Waals surface area contributed by atoms with E-state index in [-0.39, 0.29) is 5.91 Å². The van der Waals surface area contributed by atoms with Crippen LogP contribution in [0.4, 0.5) is 0 Å². The molecule has 1 amide bonds. The Labute approximate surface area is 86.1 Å². The summed E-state index contributed by atoms with van der Waals surface area (Å²) in [6, 6.07) is 2.00. The molecule has 0 aromatic heterocycles. The maximum absolute atomic E-state index is 11.7. The van der Waals surface area contributed by atoms with E-state index in [4.69, 9.17) is 5.26 Å². The summed E-state index contributed by atoms with van der Waals surface area (Å²) in [5.41, 5.74) is -0.916. The Morgan fingerprint density at radius 3 is 2.14 bits per heavy atom. The van der Waals surface area contributed by atoms with Gasteiger partial charge in [-0.15, -0.1) is 0 Å². The molecule has 0 radical (unpaired) electrons. The minimum atomic E-state index is -0.916. The molecular formula is C10H19N3O. The van der Waals surface area contributed by atoms with Crippen molar-refractivity contribution in [2.75, 3.05) is 34.2 Å². The second-order valence-corrected chi connectivity index (χ2v) is 4.27. The zero-order chi connectivity index (χ0) is 11.4. The lowest BCUT2D eigenvalue weighted by Crippen LogP contribution is -2.40. The van der Waals surface area contributed by atoms with Crippen LogP contribution in [-0.2, 0) is 4.79 Å². The molecule has 0 rings (SSSR count). The highest BCUT2D eigenvalue weighted by molar-refractivity contribution is 5.84. The fraction of sp³-hybridized carbons (Fsp3) is 0.800. The van der Waals surface area contributed by atoms with Gasteiger partial charge in [0.2, 0.25) is 5.91 Å². The second kappa shape index (κ2) is 4.97. The van der Waals surface area contributed by atoms with Crippen LogP contribution in [0.2, 0.25) is 0 Å². The van der Waals surface area contributed by atoms with E-state index in [2.05, 4.69) is 0 Å². The Morgan fingerprint density at radius 2 is 1.79 bits per heavy atom. The number of rotatable bonds is 4. The second-order valence-electron chi connectivity index (χ2n) is 4.27. The van der Waals surface area contributed by atoms with Crippen molar-refractivity contribution >= 4 is 5.91 Å². The molecule has 0 saturated heterocycles. The maximum atomic E-state index is 11.7. The van der Waals surface area contributed by atoms with Gasteiger partial charge < -0.3 is 9.80 Å². The zero-order valence-corrected chi connectivity index (χ0v) is 9.66. The molecule has 0 aliphatic carbocycles. The maximum Gasteiger partial charge on any atom is 0.242 e. The number of hydrogen-bond acceptors (Lipinski definition) is 3. The SMILES string of the molecule is CN(C)CCN(C)C(=O)C(C)(C)C#N. The third kappa shape index (κ3) is 3.75. The molecule has 0 saturated carbocycles. The topological polar surface area (TPSA) is 47.3 Å². The molecule has 0 N–H and O–H groups in total. The van der Waals surface area contributed by atoms with Crippen molar-refractivity contribution in [1.29, 1.82) is 5.26 Å². The van der Waals surface area contributed by atoms with Gasteiger partial charge in [-0.05, 0) is 27.9 Å². The summed E-state index contributed by atoms with van der Waals surface area (Å²) in [5.74, 6) is -0.123. The van der Waals surface area contributed by atoms with Crippen LogP contribution >= 0.6 is 0 Å². The van der Waals surface area contributed by atoms with E-state index in [1.807, 2.05) is 25.1 Å². The van der Waals surface area contributed by atoms with Crippen LogP contribution in [0.15, 0.2) is 0 Å². The third-order valence-corrected chi connectivity index (χ3v) is 2.04. The molecule has 4 nitrogen and oxygen atoms in total. The molecular weight excluding hydrogens is 178 g/mol. The monoisotopic (exact) mass is 197 g/mol. The lowest BCUT2D eigenvalue weighted by Gasteiger charge is -2.25. The highest BCUT2D eigenvalue weighted by Gasteiger charge is 2.29. The molecule has 0 heterocycles. The van der Waals surface area contributed by atoms with Gasteiger partial charge >= 0.3 is 0 Å². The van der Waals surface area contributed by atoms with Crippen LogP contribution in [0.3, 0.4) is 0 Å². The Balaban J connectivity index is 4.21.